The van der Waals surface area contributed by atoms with Gasteiger partial charge in [-0.15, -0.1) is 0 Å². The molecule has 5 heteroatoms. The maximum atomic E-state index is 12.6. The Hall–Kier alpha value is -1.62. The lowest BCUT2D eigenvalue weighted by molar-refractivity contribution is 0.624. The van der Waals surface area contributed by atoms with Gasteiger partial charge >= 0.3 is 0 Å². The third kappa shape index (κ3) is 2.44. The van der Waals surface area contributed by atoms with Crippen LogP contribution in [-0.2, 0) is 19.0 Å². The van der Waals surface area contributed by atoms with Crippen LogP contribution in [0.3, 0.4) is 0 Å². The predicted molar refractivity (Wildman–Crippen MR) is 57.2 cm³/mol. The van der Waals surface area contributed by atoms with Crippen LogP contribution in [0.5, 0.6) is 0 Å². The van der Waals surface area contributed by atoms with Crippen molar-refractivity contribution in [2.24, 2.45) is 4.36 Å². The average molecular weight is 221 g/mol. The lowest BCUT2D eigenvalue weighted by Gasteiger charge is -2.00. The first kappa shape index (κ1) is 9.92. The van der Waals surface area contributed by atoms with Crippen LogP contribution < -0.4 is 0 Å². The molecule has 0 spiro atoms. The summed E-state index contributed by atoms with van der Waals surface area (Å²) in [6.07, 6.45) is 1.79. The Morgan fingerprint density at radius 1 is 1.27 bits per heavy atom. The fourth-order valence-corrected chi connectivity index (χ4v) is 1.36. The number of rotatable bonds is 3. The van der Waals surface area contributed by atoms with Crippen molar-refractivity contribution in [3.8, 4) is 0 Å². The second-order valence-corrected chi connectivity index (χ2v) is 3.27. The summed E-state index contributed by atoms with van der Waals surface area (Å²) >= 11 is 4.51. The summed E-state index contributed by atoms with van der Waals surface area (Å²) in [5.41, 5.74) is 0.982. The van der Waals surface area contributed by atoms with E-state index in [4.69, 9.17) is 0 Å². The molecule has 0 amide bonds. The largest absolute Gasteiger partial charge is 0.266 e. The molecule has 1 heterocycles. The molecule has 15 heavy (non-hydrogen) atoms. The summed E-state index contributed by atoms with van der Waals surface area (Å²) in [5, 5.41) is 4.10. The summed E-state index contributed by atoms with van der Waals surface area (Å²) in [7, 11) is 0. The Kier molecular flexibility index (Phi) is 2.82. The second-order valence-electron chi connectivity index (χ2n) is 3.09. The third-order valence-electron chi connectivity index (χ3n) is 1.98. The van der Waals surface area contributed by atoms with E-state index in [0.29, 0.717) is 12.4 Å². The fourth-order valence-electron chi connectivity index (χ4n) is 1.26. The average Bonchev–Trinajstić information content (AvgIpc) is 2.69. The summed E-state index contributed by atoms with van der Waals surface area (Å²) in [6.45, 7) is 0.588. The summed E-state index contributed by atoms with van der Waals surface area (Å²) in [6, 6.07) is 8.04. The van der Waals surface area contributed by atoms with E-state index in [1.165, 1.54) is 12.1 Å². The maximum Gasteiger partial charge on any atom is 0.187 e. The van der Waals surface area contributed by atoms with Gasteiger partial charge in [0.25, 0.3) is 0 Å². The molecule has 0 bridgehead atoms. The lowest BCUT2D eigenvalue weighted by atomic mass is 10.2. The Morgan fingerprint density at radius 3 is 2.60 bits per heavy atom. The SMILES string of the molecule is Fc1ccc(Cn2ccc(N=S)n2)cc1. The van der Waals surface area contributed by atoms with E-state index in [1.807, 2.05) is 0 Å². The molecule has 1 aromatic heterocycles. The quantitative estimate of drug-likeness (QED) is 0.796. The molecule has 0 aliphatic heterocycles. The Labute approximate surface area is 91.7 Å². The van der Waals surface area contributed by atoms with Gasteiger partial charge in [0, 0.05) is 24.7 Å². The van der Waals surface area contributed by atoms with E-state index in [2.05, 4.69) is 21.9 Å². The minimum atomic E-state index is -0.236. The highest BCUT2D eigenvalue weighted by Gasteiger charge is 1.98. The van der Waals surface area contributed by atoms with Gasteiger partial charge in [0.15, 0.2) is 5.82 Å². The highest BCUT2D eigenvalue weighted by Crippen LogP contribution is 2.09. The van der Waals surface area contributed by atoms with Crippen LogP contribution in [0.4, 0.5) is 10.2 Å². The van der Waals surface area contributed by atoms with Gasteiger partial charge in [0.05, 0.1) is 6.54 Å². The Balaban J connectivity index is 2.14. The molecule has 0 fully saturated rings. The van der Waals surface area contributed by atoms with E-state index >= 15 is 0 Å². The zero-order valence-electron chi connectivity index (χ0n) is 7.80. The molecule has 3 nitrogen and oxygen atoms in total. The van der Waals surface area contributed by atoms with Crippen LogP contribution in [0.25, 0.3) is 0 Å². The normalized spacial score (nSPS) is 10.2. The molecule has 0 saturated carbocycles. The zero-order chi connectivity index (χ0) is 10.7. The van der Waals surface area contributed by atoms with E-state index < -0.39 is 0 Å². The molecule has 0 radical (unpaired) electrons. The first-order chi connectivity index (χ1) is 7.28. The van der Waals surface area contributed by atoms with Crippen LogP contribution in [0.1, 0.15) is 5.56 Å². The van der Waals surface area contributed by atoms with Crippen LogP contribution in [-0.4, -0.2) is 9.78 Å². The minimum Gasteiger partial charge on any atom is -0.266 e. The van der Waals surface area contributed by atoms with Crippen LogP contribution >= 0.6 is 0 Å². The van der Waals surface area contributed by atoms with Crippen molar-refractivity contribution in [1.29, 1.82) is 0 Å². The van der Waals surface area contributed by atoms with Crippen molar-refractivity contribution in [2.75, 3.05) is 0 Å². The number of hydrogen-bond acceptors (Lipinski definition) is 3. The Bertz CT molecular complexity index is 464. The minimum absolute atomic E-state index is 0.236. The molecule has 0 N–H and O–H groups in total. The van der Waals surface area contributed by atoms with Gasteiger partial charge in [-0.25, -0.2) is 4.39 Å². The second kappa shape index (κ2) is 4.27. The van der Waals surface area contributed by atoms with E-state index in [9.17, 15) is 4.39 Å². The molecule has 0 aliphatic carbocycles. The molecular weight excluding hydrogens is 213 g/mol. The van der Waals surface area contributed by atoms with Gasteiger partial charge in [0.1, 0.15) is 5.82 Å². The molecule has 1 aromatic carbocycles. The molecule has 0 saturated heterocycles. The van der Waals surface area contributed by atoms with E-state index in [-0.39, 0.29) is 5.82 Å². The highest BCUT2D eigenvalue weighted by atomic mass is 32.1. The van der Waals surface area contributed by atoms with Crippen molar-refractivity contribution < 1.29 is 4.39 Å². The fraction of sp³-hybridized carbons (Fsp3) is 0.100. The monoisotopic (exact) mass is 221 g/mol. The van der Waals surface area contributed by atoms with Crippen LogP contribution in [0.2, 0.25) is 0 Å². The number of aromatic nitrogens is 2. The van der Waals surface area contributed by atoms with Crippen LogP contribution in [0, 0.1) is 5.82 Å². The first-order valence-electron chi connectivity index (χ1n) is 4.39. The maximum absolute atomic E-state index is 12.6. The van der Waals surface area contributed by atoms with Gasteiger partial charge < -0.3 is 0 Å². The third-order valence-corrected chi connectivity index (χ3v) is 2.17. The van der Waals surface area contributed by atoms with Crippen molar-refractivity contribution >= 4 is 18.2 Å². The van der Waals surface area contributed by atoms with Gasteiger partial charge in [-0.05, 0) is 17.7 Å². The lowest BCUT2D eigenvalue weighted by Crippen LogP contribution is -1.99. The molecule has 0 unspecified atom stereocenters. The summed E-state index contributed by atoms with van der Waals surface area (Å²) in [4.78, 5) is 0. The highest BCUT2D eigenvalue weighted by molar-refractivity contribution is 7.47. The van der Waals surface area contributed by atoms with Gasteiger partial charge in [0.2, 0.25) is 0 Å². The summed E-state index contributed by atoms with van der Waals surface area (Å²) in [5.74, 6) is 0.285. The van der Waals surface area contributed by atoms with Crippen molar-refractivity contribution in [2.45, 2.75) is 6.54 Å². The van der Waals surface area contributed by atoms with Crippen LogP contribution in [0.15, 0.2) is 40.9 Å². The number of halogens is 1. The number of hydrogen-bond donors (Lipinski definition) is 0. The predicted octanol–water partition coefficient (Wildman–Crippen LogP) is 2.43. The van der Waals surface area contributed by atoms with Crippen molar-refractivity contribution in [3.05, 3.63) is 47.9 Å². The van der Waals surface area contributed by atoms with Crippen molar-refractivity contribution in [3.63, 3.8) is 0 Å². The first-order valence-corrected chi connectivity index (χ1v) is 4.76. The van der Waals surface area contributed by atoms with E-state index in [0.717, 1.165) is 5.56 Å². The molecule has 2 aromatic rings. The van der Waals surface area contributed by atoms with Gasteiger partial charge in [-0.1, -0.05) is 12.1 Å². The van der Waals surface area contributed by atoms with Crippen molar-refractivity contribution in [1.82, 2.24) is 9.78 Å². The molecule has 0 atom stereocenters. The van der Waals surface area contributed by atoms with E-state index in [1.54, 1.807) is 29.1 Å². The van der Waals surface area contributed by atoms with Gasteiger partial charge in [-0.2, -0.15) is 9.46 Å². The molecule has 2 rings (SSSR count). The number of benzene rings is 1. The standard InChI is InChI=1S/C10H8FN3S/c11-9-3-1-8(2-4-9)7-14-6-5-10(12-14)13-15/h1-6H,7H2. The Morgan fingerprint density at radius 2 is 2.00 bits per heavy atom. The molecule has 0 aliphatic rings. The smallest absolute Gasteiger partial charge is 0.187 e. The molecule has 76 valence electrons. The zero-order valence-corrected chi connectivity index (χ0v) is 8.62. The molecular formula is C10H8FN3S. The van der Waals surface area contributed by atoms with Gasteiger partial charge in [-0.3, -0.25) is 4.68 Å². The number of nitrogens with zero attached hydrogens (tertiary/aromatic N) is 3. The topological polar surface area (TPSA) is 30.2 Å². The summed E-state index contributed by atoms with van der Waals surface area (Å²) < 4.78 is 17.9.